The zero-order valence-electron chi connectivity index (χ0n) is 16.5. The summed E-state index contributed by atoms with van der Waals surface area (Å²) in [4.78, 5) is 24.8. The first-order valence-electron chi connectivity index (χ1n) is 9.59. The van der Waals surface area contributed by atoms with E-state index in [1.807, 2.05) is 25.1 Å². The Morgan fingerprint density at radius 1 is 0.793 bits per heavy atom. The van der Waals surface area contributed by atoms with Crippen molar-refractivity contribution in [1.82, 2.24) is 0 Å². The number of hydrogen-bond acceptors (Lipinski definition) is 3. The zero-order chi connectivity index (χ0) is 20.6. The molecule has 0 saturated heterocycles. The van der Waals surface area contributed by atoms with E-state index in [-0.39, 0.29) is 17.9 Å². The maximum Gasteiger partial charge on any atom is 0.255 e. The summed E-state index contributed by atoms with van der Waals surface area (Å²) in [5, 5.41) is 5.69. The molecule has 0 heterocycles. The molecule has 3 rings (SSSR count). The lowest BCUT2D eigenvalue weighted by atomic mass is 10.2. The second-order valence-corrected chi connectivity index (χ2v) is 6.72. The Kier molecular flexibility index (Phi) is 6.63. The molecular formula is C24H24N2O3. The molecular weight excluding hydrogens is 364 g/mol. The van der Waals surface area contributed by atoms with Crippen molar-refractivity contribution < 1.29 is 14.3 Å². The number of anilines is 2. The Bertz CT molecular complexity index is 969. The van der Waals surface area contributed by atoms with Crippen molar-refractivity contribution >= 4 is 23.2 Å². The first-order valence-corrected chi connectivity index (χ1v) is 9.59. The van der Waals surface area contributed by atoms with Crippen LogP contribution >= 0.6 is 0 Å². The minimum atomic E-state index is -0.230. The highest BCUT2D eigenvalue weighted by Gasteiger charge is 2.09. The Labute approximate surface area is 170 Å². The molecule has 3 aromatic rings. The van der Waals surface area contributed by atoms with Gasteiger partial charge in [-0.3, -0.25) is 9.59 Å². The molecule has 2 N–H and O–H groups in total. The summed E-state index contributed by atoms with van der Waals surface area (Å²) in [7, 11) is 0. The van der Waals surface area contributed by atoms with Crippen molar-refractivity contribution in [2.75, 3.05) is 10.6 Å². The molecule has 5 heteroatoms. The molecule has 2 amide bonds. The van der Waals surface area contributed by atoms with Gasteiger partial charge in [-0.15, -0.1) is 0 Å². The van der Waals surface area contributed by atoms with E-state index < -0.39 is 0 Å². The third-order valence-electron chi connectivity index (χ3n) is 4.44. The van der Waals surface area contributed by atoms with Crippen LogP contribution in [0.15, 0.2) is 78.9 Å². The van der Waals surface area contributed by atoms with Crippen LogP contribution in [0.3, 0.4) is 0 Å². The highest BCUT2D eigenvalue weighted by molar-refractivity contribution is 6.06. The Hall–Kier alpha value is -3.60. The lowest BCUT2D eigenvalue weighted by molar-refractivity contribution is 0.101. The van der Waals surface area contributed by atoms with E-state index in [0.29, 0.717) is 22.5 Å². The minimum absolute atomic E-state index is 0.128. The topological polar surface area (TPSA) is 67.4 Å². The normalized spacial score (nSPS) is 11.4. The number of amides is 2. The van der Waals surface area contributed by atoms with Crippen molar-refractivity contribution in [2.24, 2.45) is 0 Å². The molecule has 148 valence electrons. The second kappa shape index (κ2) is 9.55. The molecule has 0 fully saturated rings. The number of ether oxygens (including phenoxy) is 1. The van der Waals surface area contributed by atoms with Gasteiger partial charge in [-0.1, -0.05) is 31.2 Å². The fourth-order valence-electron chi connectivity index (χ4n) is 2.67. The number of carbonyl (C=O) groups excluding carboxylic acids is 2. The van der Waals surface area contributed by atoms with Gasteiger partial charge >= 0.3 is 0 Å². The van der Waals surface area contributed by atoms with E-state index in [4.69, 9.17) is 4.74 Å². The Morgan fingerprint density at radius 2 is 1.34 bits per heavy atom. The number of nitrogens with one attached hydrogen (secondary N) is 2. The third-order valence-corrected chi connectivity index (χ3v) is 4.44. The van der Waals surface area contributed by atoms with Gasteiger partial charge in [0.1, 0.15) is 5.75 Å². The van der Waals surface area contributed by atoms with E-state index in [0.717, 1.165) is 12.2 Å². The van der Waals surface area contributed by atoms with Crippen LogP contribution in [0, 0.1) is 0 Å². The van der Waals surface area contributed by atoms with Crippen LogP contribution in [0.5, 0.6) is 5.75 Å². The molecule has 0 aromatic heterocycles. The van der Waals surface area contributed by atoms with E-state index in [1.54, 1.807) is 60.7 Å². The van der Waals surface area contributed by atoms with E-state index >= 15 is 0 Å². The molecule has 3 aromatic carbocycles. The maximum absolute atomic E-state index is 12.5. The molecule has 1 unspecified atom stereocenters. The summed E-state index contributed by atoms with van der Waals surface area (Å²) in [6.07, 6.45) is 1.04. The molecule has 1 atom stereocenters. The first-order chi connectivity index (χ1) is 14.0. The van der Waals surface area contributed by atoms with Crippen molar-refractivity contribution in [1.29, 1.82) is 0 Å². The number of hydrogen-bond donors (Lipinski definition) is 2. The van der Waals surface area contributed by atoms with Gasteiger partial charge in [0.15, 0.2) is 0 Å². The average molecular weight is 388 g/mol. The van der Waals surface area contributed by atoms with Crippen LogP contribution in [0.25, 0.3) is 0 Å². The molecule has 0 spiro atoms. The Morgan fingerprint density at radius 3 is 1.90 bits per heavy atom. The summed E-state index contributed by atoms with van der Waals surface area (Å²) in [5.41, 5.74) is 2.30. The van der Waals surface area contributed by atoms with Gasteiger partial charge < -0.3 is 15.4 Å². The maximum atomic E-state index is 12.5. The van der Waals surface area contributed by atoms with Crippen molar-refractivity contribution in [3.05, 3.63) is 90.0 Å². The van der Waals surface area contributed by atoms with Gasteiger partial charge in [0.25, 0.3) is 11.8 Å². The second-order valence-electron chi connectivity index (χ2n) is 6.72. The summed E-state index contributed by atoms with van der Waals surface area (Å²) >= 11 is 0. The molecule has 0 aliphatic carbocycles. The fourth-order valence-corrected chi connectivity index (χ4v) is 2.67. The van der Waals surface area contributed by atoms with Crippen molar-refractivity contribution in [2.45, 2.75) is 26.4 Å². The largest absolute Gasteiger partial charge is 0.491 e. The standard InChI is InChI=1S/C24H24N2O3/c1-3-17(2)29-22-14-12-19(13-15-22)24(28)26-21-11-7-10-20(16-21)25-23(27)18-8-5-4-6-9-18/h4-17H,3H2,1-2H3,(H,25,27)(H,26,28). The van der Waals surface area contributed by atoms with Crippen LogP contribution in [0.4, 0.5) is 11.4 Å². The monoisotopic (exact) mass is 388 g/mol. The quantitative estimate of drug-likeness (QED) is 0.572. The van der Waals surface area contributed by atoms with Gasteiger partial charge in [-0.05, 0) is 67.9 Å². The van der Waals surface area contributed by atoms with Gasteiger partial charge in [0, 0.05) is 22.5 Å². The first kappa shape index (κ1) is 20.1. The van der Waals surface area contributed by atoms with Gasteiger partial charge in [0.2, 0.25) is 0 Å². The van der Waals surface area contributed by atoms with Crippen molar-refractivity contribution in [3.8, 4) is 5.75 Å². The highest BCUT2D eigenvalue weighted by Crippen LogP contribution is 2.19. The molecule has 0 saturated carbocycles. The summed E-state index contributed by atoms with van der Waals surface area (Å²) in [5.74, 6) is 0.305. The lowest BCUT2D eigenvalue weighted by Crippen LogP contribution is -2.14. The van der Waals surface area contributed by atoms with Crippen LogP contribution in [0.1, 0.15) is 41.0 Å². The van der Waals surface area contributed by atoms with Gasteiger partial charge in [-0.25, -0.2) is 0 Å². The summed E-state index contributed by atoms with van der Waals surface area (Å²) in [6, 6.07) is 23.1. The third kappa shape index (κ3) is 5.69. The Balaban J connectivity index is 1.63. The molecule has 0 radical (unpaired) electrons. The molecule has 0 aliphatic rings. The molecule has 0 aliphatic heterocycles. The van der Waals surface area contributed by atoms with Gasteiger partial charge in [0.05, 0.1) is 6.10 Å². The van der Waals surface area contributed by atoms with Gasteiger partial charge in [-0.2, -0.15) is 0 Å². The van der Waals surface area contributed by atoms with Crippen LogP contribution in [0.2, 0.25) is 0 Å². The predicted molar refractivity (Wildman–Crippen MR) is 116 cm³/mol. The molecule has 5 nitrogen and oxygen atoms in total. The van der Waals surface area contributed by atoms with E-state index in [1.165, 1.54) is 0 Å². The highest BCUT2D eigenvalue weighted by atomic mass is 16.5. The molecule has 29 heavy (non-hydrogen) atoms. The predicted octanol–water partition coefficient (Wildman–Crippen LogP) is 5.37. The summed E-state index contributed by atoms with van der Waals surface area (Å²) < 4.78 is 5.73. The molecule has 0 bridgehead atoms. The SMILES string of the molecule is CCC(C)Oc1ccc(C(=O)Nc2cccc(NC(=O)c3ccccc3)c2)cc1. The van der Waals surface area contributed by atoms with E-state index in [9.17, 15) is 9.59 Å². The van der Waals surface area contributed by atoms with Crippen LogP contribution in [-0.4, -0.2) is 17.9 Å². The van der Waals surface area contributed by atoms with E-state index in [2.05, 4.69) is 17.6 Å². The smallest absolute Gasteiger partial charge is 0.255 e. The van der Waals surface area contributed by atoms with Crippen molar-refractivity contribution in [3.63, 3.8) is 0 Å². The lowest BCUT2D eigenvalue weighted by Gasteiger charge is -2.13. The summed E-state index contributed by atoms with van der Waals surface area (Å²) in [6.45, 7) is 4.06. The number of carbonyl (C=O) groups is 2. The minimum Gasteiger partial charge on any atom is -0.491 e. The number of benzene rings is 3. The average Bonchev–Trinajstić information content (AvgIpc) is 2.75. The van der Waals surface area contributed by atoms with Crippen LogP contribution < -0.4 is 15.4 Å². The zero-order valence-corrected chi connectivity index (χ0v) is 16.5. The fraction of sp³-hybridized carbons (Fsp3) is 0.167. The number of rotatable bonds is 7. The van der Waals surface area contributed by atoms with Crippen LogP contribution in [-0.2, 0) is 0 Å².